The molecule has 0 unspecified atom stereocenters. The maximum absolute atomic E-state index is 12.6. The lowest BCUT2D eigenvalue weighted by atomic mass is 9.80. The molecule has 0 bridgehead atoms. The predicted molar refractivity (Wildman–Crippen MR) is 119 cm³/mol. The molecule has 2 N–H and O–H groups in total. The molecule has 4 rings (SSSR count). The fourth-order valence-electron chi connectivity index (χ4n) is 3.90. The van der Waals surface area contributed by atoms with E-state index >= 15 is 0 Å². The van der Waals surface area contributed by atoms with Crippen LogP contribution in [0.25, 0.3) is 0 Å². The van der Waals surface area contributed by atoms with Gasteiger partial charge in [0.15, 0.2) is 11.5 Å². The van der Waals surface area contributed by atoms with E-state index in [2.05, 4.69) is 4.98 Å². The van der Waals surface area contributed by atoms with E-state index in [0.29, 0.717) is 22.3 Å². The molecule has 0 radical (unpaired) electrons. The molecule has 0 fully saturated rings. The zero-order valence-electron chi connectivity index (χ0n) is 17.1. The van der Waals surface area contributed by atoms with E-state index in [0.717, 1.165) is 27.3 Å². The Bertz CT molecular complexity index is 1150. The number of thiazole rings is 1. The number of carboxylic acid groups (broad SMARTS) is 1. The lowest BCUT2D eigenvalue weighted by Gasteiger charge is -2.35. The van der Waals surface area contributed by atoms with E-state index in [1.807, 2.05) is 18.2 Å². The zero-order chi connectivity index (χ0) is 22.1. The van der Waals surface area contributed by atoms with Gasteiger partial charge in [-0.3, -0.25) is 9.59 Å². The molecule has 1 aliphatic heterocycles. The Morgan fingerprint density at radius 2 is 1.65 bits per heavy atom. The number of ether oxygens (including phenoxy) is 3. The van der Waals surface area contributed by atoms with Gasteiger partial charge >= 0.3 is 10.8 Å². The van der Waals surface area contributed by atoms with E-state index in [1.165, 1.54) is 11.8 Å². The Morgan fingerprint density at radius 1 is 0.968 bits per heavy atom. The van der Waals surface area contributed by atoms with E-state index in [-0.39, 0.29) is 4.87 Å². The number of thioether (sulfide) groups is 1. The topological polar surface area (TPSA) is 97.9 Å². The smallest absolute Gasteiger partial charge is 0.308 e. The summed E-state index contributed by atoms with van der Waals surface area (Å²) in [5, 5.41) is 10.5. The molecule has 0 aliphatic carbocycles. The number of carboxylic acids is 1. The second-order valence-corrected chi connectivity index (χ2v) is 9.14. The van der Waals surface area contributed by atoms with Crippen LogP contribution in [-0.2, 0) is 4.79 Å². The van der Waals surface area contributed by atoms with Crippen molar-refractivity contribution < 1.29 is 24.1 Å². The molecule has 1 aromatic heterocycles. The van der Waals surface area contributed by atoms with Crippen LogP contribution in [0.1, 0.15) is 27.2 Å². The third-order valence-corrected chi connectivity index (χ3v) is 7.82. The van der Waals surface area contributed by atoms with Crippen LogP contribution >= 0.6 is 23.1 Å². The predicted octanol–water partition coefficient (Wildman–Crippen LogP) is 4.14. The summed E-state index contributed by atoms with van der Waals surface area (Å²) in [6.45, 7) is 0. The van der Waals surface area contributed by atoms with Crippen molar-refractivity contribution in [3.8, 4) is 17.2 Å². The number of fused-ring (bicyclic) bond motifs is 1. The average Bonchev–Trinajstić information content (AvgIpc) is 3.17. The minimum absolute atomic E-state index is 0.201. The molecule has 9 heteroatoms. The van der Waals surface area contributed by atoms with Gasteiger partial charge < -0.3 is 24.3 Å². The lowest BCUT2D eigenvalue weighted by Crippen LogP contribution is -2.30. The van der Waals surface area contributed by atoms with Gasteiger partial charge in [0.25, 0.3) is 0 Å². The standard InChI is InChI=1S/C22H21NO6S2/c1-27-13-7-4-11(5-8-13)16-17(21(24)25)18(30-20-19(16)31-22(26)23-20)12-6-9-14(28-2)15(10-12)29-3/h4-10,16-18H,1-3H3,(H,23,26)(H,24,25)/t16-,17-,18+/m1/s1. The second kappa shape index (κ2) is 8.68. The molecule has 0 saturated carbocycles. The van der Waals surface area contributed by atoms with Crippen molar-refractivity contribution in [3.05, 3.63) is 68.1 Å². The van der Waals surface area contributed by atoms with Crippen LogP contribution in [-0.4, -0.2) is 37.4 Å². The monoisotopic (exact) mass is 459 g/mol. The van der Waals surface area contributed by atoms with Crippen LogP contribution in [0.2, 0.25) is 0 Å². The maximum Gasteiger partial charge on any atom is 0.308 e. The summed E-state index contributed by atoms with van der Waals surface area (Å²) in [5.74, 6) is -0.443. The van der Waals surface area contributed by atoms with Gasteiger partial charge in [0.05, 0.1) is 37.5 Å². The fourth-order valence-corrected chi connectivity index (χ4v) is 6.50. The van der Waals surface area contributed by atoms with Crippen LogP contribution in [0.5, 0.6) is 17.2 Å². The number of hydrogen-bond donors (Lipinski definition) is 2. The largest absolute Gasteiger partial charge is 0.497 e. The minimum Gasteiger partial charge on any atom is -0.497 e. The number of hydrogen-bond acceptors (Lipinski definition) is 7. The first-order chi connectivity index (χ1) is 15.0. The van der Waals surface area contributed by atoms with E-state index < -0.39 is 23.1 Å². The molecule has 2 aromatic carbocycles. The van der Waals surface area contributed by atoms with Gasteiger partial charge in [0.1, 0.15) is 5.75 Å². The highest BCUT2D eigenvalue weighted by molar-refractivity contribution is 7.99. The van der Waals surface area contributed by atoms with Crippen molar-refractivity contribution >= 4 is 29.1 Å². The molecule has 0 spiro atoms. The Balaban J connectivity index is 1.87. The molecule has 0 saturated heterocycles. The van der Waals surface area contributed by atoms with Crippen LogP contribution in [0.3, 0.4) is 0 Å². The van der Waals surface area contributed by atoms with Crippen LogP contribution in [0, 0.1) is 5.92 Å². The summed E-state index contributed by atoms with van der Waals surface area (Å²) >= 11 is 2.42. The van der Waals surface area contributed by atoms with Gasteiger partial charge in [-0.15, -0.1) is 0 Å². The molecule has 31 heavy (non-hydrogen) atoms. The molecule has 3 atom stereocenters. The fraction of sp³-hybridized carbons (Fsp3) is 0.273. The Hall–Kier alpha value is -2.91. The van der Waals surface area contributed by atoms with E-state index in [4.69, 9.17) is 14.2 Å². The lowest BCUT2D eigenvalue weighted by molar-refractivity contribution is -0.142. The first-order valence-electron chi connectivity index (χ1n) is 9.45. The number of H-pyrrole nitrogens is 1. The van der Waals surface area contributed by atoms with Crippen molar-refractivity contribution in [2.45, 2.75) is 16.2 Å². The number of methoxy groups -OCH3 is 3. The van der Waals surface area contributed by atoms with Crippen LogP contribution < -0.4 is 19.1 Å². The Kier molecular flexibility index (Phi) is 5.97. The highest BCUT2D eigenvalue weighted by Gasteiger charge is 2.45. The first kappa shape index (κ1) is 21.3. The van der Waals surface area contributed by atoms with Crippen LogP contribution in [0.4, 0.5) is 0 Å². The summed E-state index contributed by atoms with van der Waals surface area (Å²) in [7, 11) is 4.67. The molecule has 2 heterocycles. The van der Waals surface area contributed by atoms with Crippen molar-refractivity contribution in [1.82, 2.24) is 4.98 Å². The van der Waals surface area contributed by atoms with Gasteiger partial charge in [-0.2, -0.15) is 0 Å². The summed E-state index contributed by atoms with van der Waals surface area (Å²) in [6, 6.07) is 12.7. The number of aromatic amines is 1. The Labute approximate surface area is 187 Å². The first-order valence-corrected chi connectivity index (χ1v) is 11.1. The highest BCUT2D eigenvalue weighted by atomic mass is 32.2. The number of benzene rings is 2. The summed E-state index contributed by atoms with van der Waals surface area (Å²) < 4.78 is 16.0. The number of aliphatic carboxylic acids is 1. The number of carbonyl (C=O) groups is 1. The summed E-state index contributed by atoms with van der Waals surface area (Å²) in [4.78, 5) is 28.2. The minimum atomic E-state index is -0.931. The third-order valence-electron chi connectivity index (χ3n) is 5.35. The number of rotatable bonds is 6. The third kappa shape index (κ3) is 3.90. The van der Waals surface area contributed by atoms with Crippen molar-refractivity contribution in [3.63, 3.8) is 0 Å². The molecular formula is C22H21NO6S2. The van der Waals surface area contributed by atoms with Gasteiger partial charge in [0, 0.05) is 10.8 Å². The van der Waals surface area contributed by atoms with Gasteiger partial charge in [0.2, 0.25) is 0 Å². The van der Waals surface area contributed by atoms with E-state index in [9.17, 15) is 14.7 Å². The van der Waals surface area contributed by atoms with Gasteiger partial charge in [-0.05, 0) is 35.4 Å². The van der Waals surface area contributed by atoms with E-state index in [1.54, 1.807) is 45.6 Å². The van der Waals surface area contributed by atoms with Crippen molar-refractivity contribution in [2.75, 3.05) is 21.3 Å². The quantitative estimate of drug-likeness (QED) is 0.572. The molecule has 0 amide bonds. The number of aromatic nitrogens is 1. The van der Waals surface area contributed by atoms with Crippen LogP contribution in [0.15, 0.2) is 52.3 Å². The maximum atomic E-state index is 12.6. The highest BCUT2D eigenvalue weighted by Crippen LogP contribution is 2.56. The molecule has 3 aromatic rings. The molecule has 162 valence electrons. The van der Waals surface area contributed by atoms with Crippen molar-refractivity contribution in [2.24, 2.45) is 5.92 Å². The second-order valence-electron chi connectivity index (χ2n) is 6.98. The number of nitrogens with one attached hydrogen (secondary N) is 1. The molecule has 7 nitrogen and oxygen atoms in total. The summed E-state index contributed by atoms with van der Waals surface area (Å²) in [6.07, 6.45) is 0. The molecule has 1 aliphatic rings. The molecular weight excluding hydrogens is 438 g/mol. The van der Waals surface area contributed by atoms with Gasteiger partial charge in [-0.25, -0.2) is 0 Å². The zero-order valence-corrected chi connectivity index (χ0v) is 18.7. The summed E-state index contributed by atoms with van der Waals surface area (Å²) in [5.41, 5.74) is 1.60. The van der Waals surface area contributed by atoms with Crippen molar-refractivity contribution in [1.29, 1.82) is 0 Å². The van der Waals surface area contributed by atoms with Gasteiger partial charge in [-0.1, -0.05) is 41.3 Å². The average molecular weight is 460 g/mol. The normalized spacial score (nSPS) is 20.0. The SMILES string of the molecule is COc1ccc([C@H]2c3sc(=O)[nH]c3S[C@@H](c3ccc(OC)c(OC)c3)[C@@H]2C(=O)O)cc1. The Morgan fingerprint density at radius 3 is 2.26 bits per heavy atom.